The highest BCUT2D eigenvalue weighted by Crippen LogP contribution is 2.38. The van der Waals surface area contributed by atoms with Gasteiger partial charge >= 0.3 is 5.97 Å². The summed E-state index contributed by atoms with van der Waals surface area (Å²) in [5.41, 5.74) is 1.01. The van der Waals surface area contributed by atoms with Crippen molar-refractivity contribution in [2.24, 2.45) is 0 Å². The van der Waals surface area contributed by atoms with Crippen LogP contribution in [0.25, 0.3) is 0 Å². The van der Waals surface area contributed by atoms with Crippen molar-refractivity contribution < 1.29 is 28.5 Å². The fraction of sp³-hybridized carbons (Fsp3) is 0.368. The second kappa shape index (κ2) is 10.6. The number of ether oxygens (including phenoxy) is 4. The lowest BCUT2D eigenvalue weighted by atomic mass is 10.1. The van der Waals surface area contributed by atoms with E-state index in [2.05, 4.69) is 15.9 Å². The van der Waals surface area contributed by atoms with Crippen LogP contribution in [0.1, 0.15) is 20.0 Å². The van der Waals surface area contributed by atoms with Crippen LogP contribution in [0.4, 0.5) is 5.69 Å². The Kier molecular flexibility index (Phi) is 8.43. The molecule has 9 heteroatoms. The molecule has 28 heavy (non-hydrogen) atoms. The SMILES string of the molecule is COCC(COC)N(C)c1ccc(Oc2sc(C=O)cc2Br)cc1C(=O)OC. The molecule has 0 aliphatic carbocycles. The zero-order valence-corrected chi connectivity index (χ0v) is 18.5. The second-order valence-corrected chi connectivity index (χ2v) is 7.75. The van der Waals surface area contributed by atoms with Gasteiger partial charge in [-0.2, -0.15) is 0 Å². The van der Waals surface area contributed by atoms with Gasteiger partial charge in [-0.05, 0) is 40.2 Å². The molecule has 7 nitrogen and oxygen atoms in total. The third-order valence-electron chi connectivity index (χ3n) is 4.02. The second-order valence-electron chi connectivity index (χ2n) is 5.85. The minimum absolute atomic E-state index is 0.0910. The van der Waals surface area contributed by atoms with Crippen molar-refractivity contribution in [3.05, 3.63) is 39.2 Å². The van der Waals surface area contributed by atoms with Crippen molar-refractivity contribution in [3.8, 4) is 10.8 Å². The van der Waals surface area contributed by atoms with Gasteiger partial charge in [0.2, 0.25) is 0 Å². The molecule has 0 saturated heterocycles. The molecule has 0 fully saturated rings. The van der Waals surface area contributed by atoms with Gasteiger partial charge in [0, 0.05) is 21.3 Å². The number of rotatable bonds is 10. The maximum absolute atomic E-state index is 12.4. The number of carbonyl (C=O) groups is 2. The predicted octanol–water partition coefficient (Wildman–Crippen LogP) is 4.00. The van der Waals surface area contributed by atoms with E-state index < -0.39 is 5.97 Å². The summed E-state index contributed by atoms with van der Waals surface area (Å²) in [5, 5.41) is 0.524. The average molecular weight is 472 g/mol. The standard InChI is InChI=1S/C19H22BrNO6S/c1-21(12(10-24-2)11-25-3)17-6-5-13(7-15(17)18(23)26-4)27-19-16(20)8-14(9-22)28-19/h5-9,12H,10-11H2,1-4H3. The summed E-state index contributed by atoms with van der Waals surface area (Å²) in [5.74, 6) is -0.0349. The smallest absolute Gasteiger partial charge is 0.340 e. The van der Waals surface area contributed by atoms with Crippen LogP contribution < -0.4 is 9.64 Å². The number of nitrogens with zero attached hydrogens (tertiary/aromatic N) is 1. The molecule has 1 heterocycles. The lowest BCUT2D eigenvalue weighted by Crippen LogP contribution is -2.39. The minimum Gasteiger partial charge on any atom is -0.465 e. The van der Waals surface area contributed by atoms with E-state index in [1.165, 1.54) is 18.4 Å². The number of anilines is 1. The fourth-order valence-corrected chi connectivity index (χ4v) is 4.07. The summed E-state index contributed by atoms with van der Waals surface area (Å²) in [4.78, 5) is 25.8. The Morgan fingerprint density at radius 1 is 1.21 bits per heavy atom. The highest BCUT2D eigenvalue weighted by Gasteiger charge is 2.22. The summed E-state index contributed by atoms with van der Waals surface area (Å²) in [6.07, 6.45) is 0.756. The van der Waals surface area contributed by atoms with E-state index in [-0.39, 0.29) is 6.04 Å². The Bertz CT molecular complexity index is 819. The molecule has 1 aromatic carbocycles. The Labute approximate surface area is 176 Å². The summed E-state index contributed by atoms with van der Waals surface area (Å²) in [6.45, 7) is 0.861. The lowest BCUT2D eigenvalue weighted by Gasteiger charge is -2.30. The topological polar surface area (TPSA) is 74.3 Å². The van der Waals surface area contributed by atoms with E-state index in [1.54, 1.807) is 38.5 Å². The van der Waals surface area contributed by atoms with Gasteiger partial charge in [0.15, 0.2) is 11.3 Å². The summed E-state index contributed by atoms with van der Waals surface area (Å²) < 4.78 is 22.0. The Morgan fingerprint density at radius 2 is 1.89 bits per heavy atom. The van der Waals surface area contributed by atoms with Crippen LogP contribution in [0.5, 0.6) is 10.8 Å². The summed E-state index contributed by atoms with van der Waals surface area (Å²) in [7, 11) is 6.41. The Morgan fingerprint density at radius 3 is 2.43 bits per heavy atom. The highest BCUT2D eigenvalue weighted by atomic mass is 79.9. The van der Waals surface area contributed by atoms with E-state index in [1.807, 2.05) is 11.9 Å². The first-order chi connectivity index (χ1) is 13.4. The van der Waals surface area contributed by atoms with Gasteiger partial charge in [0.25, 0.3) is 0 Å². The molecule has 1 aromatic heterocycles. The number of likely N-dealkylation sites (N-methyl/N-ethyl adjacent to an activating group) is 1. The third kappa shape index (κ3) is 5.32. The van der Waals surface area contributed by atoms with E-state index in [4.69, 9.17) is 18.9 Å². The molecule has 0 radical (unpaired) electrons. The molecule has 0 aliphatic rings. The number of benzene rings is 1. The molecular formula is C19H22BrNO6S. The van der Waals surface area contributed by atoms with Gasteiger partial charge in [-0.1, -0.05) is 11.3 Å². The van der Waals surface area contributed by atoms with Gasteiger partial charge in [-0.15, -0.1) is 0 Å². The predicted molar refractivity (Wildman–Crippen MR) is 111 cm³/mol. The van der Waals surface area contributed by atoms with Gasteiger partial charge in [-0.3, -0.25) is 4.79 Å². The van der Waals surface area contributed by atoms with Gasteiger partial charge in [0.05, 0.1) is 47.0 Å². The monoisotopic (exact) mass is 471 g/mol. The molecule has 0 bridgehead atoms. The fourth-order valence-electron chi connectivity index (χ4n) is 2.62. The van der Waals surface area contributed by atoms with Crippen LogP contribution in [-0.4, -0.2) is 59.9 Å². The highest BCUT2D eigenvalue weighted by molar-refractivity contribution is 9.10. The number of methoxy groups -OCH3 is 3. The van der Waals surface area contributed by atoms with Gasteiger partial charge in [0.1, 0.15) is 5.75 Å². The number of aldehydes is 1. The molecule has 0 aliphatic heterocycles. The van der Waals surface area contributed by atoms with Crippen LogP contribution in [-0.2, 0) is 14.2 Å². The molecule has 0 saturated carbocycles. The number of hydrogen-bond acceptors (Lipinski definition) is 8. The van der Waals surface area contributed by atoms with Crippen molar-refractivity contribution in [3.63, 3.8) is 0 Å². The van der Waals surface area contributed by atoms with Crippen molar-refractivity contribution in [2.75, 3.05) is 46.5 Å². The van der Waals surface area contributed by atoms with E-state index >= 15 is 0 Å². The van der Waals surface area contributed by atoms with Crippen molar-refractivity contribution in [1.29, 1.82) is 0 Å². The maximum Gasteiger partial charge on any atom is 0.340 e. The number of carbonyl (C=O) groups excluding carboxylic acids is 2. The molecule has 0 amide bonds. The van der Waals surface area contributed by atoms with Crippen molar-refractivity contribution >= 4 is 45.2 Å². The molecule has 152 valence electrons. The molecule has 2 rings (SSSR count). The average Bonchev–Trinajstić information content (AvgIpc) is 3.06. The normalized spacial score (nSPS) is 10.8. The third-order valence-corrected chi connectivity index (χ3v) is 5.81. The quantitative estimate of drug-likeness (QED) is 0.382. The number of esters is 1. The zero-order chi connectivity index (χ0) is 20.7. The summed E-state index contributed by atoms with van der Waals surface area (Å²) >= 11 is 4.57. The largest absolute Gasteiger partial charge is 0.465 e. The van der Waals surface area contributed by atoms with E-state index in [0.717, 1.165) is 6.29 Å². The number of halogens is 1. The van der Waals surface area contributed by atoms with Gasteiger partial charge in [-0.25, -0.2) is 4.79 Å². The Balaban J connectivity index is 2.38. The van der Waals surface area contributed by atoms with Crippen molar-refractivity contribution in [1.82, 2.24) is 0 Å². The van der Waals surface area contributed by atoms with Crippen LogP contribution in [0, 0.1) is 0 Å². The molecule has 0 unspecified atom stereocenters. The first-order valence-corrected chi connectivity index (χ1v) is 9.91. The first-order valence-electron chi connectivity index (χ1n) is 8.30. The van der Waals surface area contributed by atoms with Crippen LogP contribution >= 0.6 is 27.3 Å². The number of hydrogen-bond donors (Lipinski definition) is 0. The molecule has 2 aromatic rings. The molecule has 0 spiro atoms. The minimum atomic E-state index is -0.486. The van der Waals surface area contributed by atoms with Crippen LogP contribution in [0.3, 0.4) is 0 Å². The maximum atomic E-state index is 12.4. The molecular weight excluding hydrogens is 450 g/mol. The first kappa shape index (κ1) is 22.4. The Hall–Kier alpha value is -1.94. The van der Waals surface area contributed by atoms with Crippen molar-refractivity contribution in [2.45, 2.75) is 6.04 Å². The van der Waals surface area contributed by atoms with Crippen LogP contribution in [0.2, 0.25) is 0 Å². The zero-order valence-electron chi connectivity index (χ0n) is 16.1. The van der Waals surface area contributed by atoms with E-state index in [9.17, 15) is 9.59 Å². The van der Waals surface area contributed by atoms with Crippen LogP contribution in [0.15, 0.2) is 28.7 Å². The van der Waals surface area contributed by atoms with E-state index in [0.29, 0.717) is 44.6 Å². The lowest BCUT2D eigenvalue weighted by molar-refractivity contribution is 0.0600. The molecule has 0 atom stereocenters. The molecule has 0 N–H and O–H groups in total. The number of thiophene rings is 1. The van der Waals surface area contributed by atoms with Gasteiger partial charge < -0.3 is 23.8 Å². The summed E-state index contributed by atoms with van der Waals surface area (Å²) in [6, 6.07) is 6.73.